The van der Waals surface area contributed by atoms with Gasteiger partial charge in [0.1, 0.15) is 0 Å². The summed E-state index contributed by atoms with van der Waals surface area (Å²) in [6, 6.07) is 0.105. The van der Waals surface area contributed by atoms with Gasteiger partial charge in [-0.1, -0.05) is 12.5 Å². The lowest BCUT2D eigenvalue weighted by Crippen LogP contribution is -2.57. The van der Waals surface area contributed by atoms with Crippen LogP contribution >= 0.6 is 0 Å². The van der Waals surface area contributed by atoms with E-state index in [2.05, 4.69) is 11.9 Å². The Morgan fingerprint density at radius 1 is 1.31 bits per heavy atom. The standard InChI is InChI=1S/C12H23NO3/c1-2-3-4-5-6-10-9(8-14)12(16)11(15)7-13-10/h2,9-16H,1,3-8H2/t9-,10+,11+,12-/m0/s1. The summed E-state index contributed by atoms with van der Waals surface area (Å²) in [7, 11) is 0. The third kappa shape index (κ3) is 3.56. The molecule has 0 unspecified atom stereocenters. The Kier molecular flexibility index (Phi) is 5.98. The molecule has 1 fully saturated rings. The average Bonchev–Trinajstić information content (AvgIpc) is 2.29. The second-order valence-electron chi connectivity index (χ2n) is 4.49. The third-order valence-electron chi connectivity index (χ3n) is 3.32. The molecule has 0 aromatic heterocycles. The lowest BCUT2D eigenvalue weighted by molar-refractivity contribution is -0.0679. The molecule has 0 spiro atoms. The molecule has 4 nitrogen and oxygen atoms in total. The Bertz CT molecular complexity index is 210. The highest BCUT2D eigenvalue weighted by atomic mass is 16.3. The van der Waals surface area contributed by atoms with E-state index in [1.807, 2.05) is 6.08 Å². The van der Waals surface area contributed by atoms with Gasteiger partial charge in [-0.2, -0.15) is 0 Å². The van der Waals surface area contributed by atoms with E-state index in [1.54, 1.807) is 0 Å². The molecule has 0 aromatic carbocycles. The average molecular weight is 229 g/mol. The fourth-order valence-corrected chi connectivity index (χ4v) is 2.27. The first-order valence-electron chi connectivity index (χ1n) is 6.02. The van der Waals surface area contributed by atoms with E-state index in [4.69, 9.17) is 0 Å². The van der Waals surface area contributed by atoms with Gasteiger partial charge in [0, 0.05) is 25.1 Å². The molecule has 1 rings (SSSR count). The molecule has 0 amide bonds. The summed E-state index contributed by atoms with van der Waals surface area (Å²) in [4.78, 5) is 0. The maximum absolute atomic E-state index is 9.74. The summed E-state index contributed by atoms with van der Waals surface area (Å²) in [5.41, 5.74) is 0. The topological polar surface area (TPSA) is 72.7 Å². The number of nitrogens with one attached hydrogen (secondary N) is 1. The van der Waals surface area contributed by atoms with Gasteiger partial charge in [0.2, 0.25) is 0 Å². The second kappa shape index (κ2) is 7.01. The van der Waals surface area contributed by atoms with E-state index in [1.165, 1.54) is 0 Å². The van der Waals surface area contributed by atoms with Crippen LogP contribution in [0.25, 0.3) is 0 Å². The van der Waals surface area contributed by atoms with E-state index >= 15 is 0 Å². The first kappa shape index (κ1) is 13.6. The summed E-state index contributed by atoms with van der Waals surface area (Å²) < 4.78 is 0. The van der Waals surface area contributed by atoms with Crippen molar-refractivity contribution in [1.29, 1.82) is 0 Å². The predicted octanol–water partition coefficient (Wildman–Crippen LogP) is 0.0349. The van der Waals surface area contributed by atoms with Gasteiger partial charge >= 0.3 is 0 Å². The van der Waals surface area contributed by atoms with E-state index in [9.17, 15) is 15.3 Å². The van der Waals surface area contributed by atoms with Crippen LogP contribution in [-0.2, 0) is 0 Å². The number of β-amino-alcohol motifs (C(OH)–C–C–N with tert-alkyl or cyclic N) is 1. The lowest BCUT2D eigenvalue weighted by Gasteiger charge is -2.38. The molecule has 0 bridgehead atoms. The number of aliphatic hydroxyl groups excluding tert-OH is 3. The largest absolute Gasteiger partial charge is 0.396 e. The van der Waals surface area contributed by atoms with Crippen LogP contribution in [0, 0.1) is 5.92 Å². The van der Waals surface area contributed by atoms with Crippen LogP contribution in [0.2, 0.25) is 0 Å². The number of hydrogen-bond acceptors (Lipinski definition) is 4. The summed E-state index contributed by atoms with van der Waals surface area (Å²) in [5, 5.41) is 31.6. The fraction of sp³-hybridized carbons (Fsp3) is 0.833. The van der Waals surface area contributed by atoms with Crippen LogP contribution in [0.15, 0.2) is 12.7 Å². The predicted molar refractivity (Wildman–Crippen MR) is 63.0 cm³/mol. The maximum atomic E-state index is 9.74. The molecule has 1 saturated heterocycles. The Labute approximate surface area is 97.0 Å². The highest BCUT2D eigenvalue weighted by Gasteiger charge is 2.36. The third-order valence-corrected chi connectivity index (χ3v) is 3.32. The minimum absolute atomic E-state index is 0.0860. The van der Waals surface area contributed by atoms with Crippen LogP contribution in [0.3, 0.4) is 0 Å². The number of allylic oxidation sites excluding steroid dienone is 1. The molecular formula is C12H23NO3. The van der Waals surface area contributed by atoms with Crippen molar-refractivity contribution in [2.24, 2.45) is 5.92 Å². The SMILES string of the molecule is C=CCCCC[C@H]1NC[C@@H](O)[C@@H](O)[C@H]1CO. The number of unbranched alkanes of at least 4 members (excludes halogenated alkanes) is 2. The molecule has 0 radical (unpaired) electrons. The molecule has 0 aromatic rings. The van der Waals surface area contributed by atoms with Crippen molar-refractivity contribution < 1.29 is 15.3 Å². The summed E-state index contributed by atoms with van der Waals surface area (Å²) in [6.07, 6.45) is 4.37. The molecule has 1 aliphatic heterocycles. The molecule has 0 aliphatic carbocycles. The number of hydrogen-bond donors (Lipinski definition) is 4. The van der Waals surface area contributed by atoms with Crippen molar-refractivity contribution >= 4 is 0 Å². The van der Waals surface area contributed by atoms with Gasteiger partial charge < -0.3 is 20.6 Å². The molecule has 4 heteroatoms. The molecule has 16 heavy (non-hydrogen) atoms. The number of rotatable bonds is 6. The Balaban J connectivity index is 2.36. The second-order valence-corrected chi connectivity index (χ2v) is 4.49. The van der Waals surface area contributed by atoms with Gasteiger partial charge in [-0.3, -0.25) is 0 Å². The van der Waals surface area contributed by atoms with Gasteiger partial charge in [0.15, 0.2) is 0 Å². The smallest absolute Gasteiger partial charge is 0.0927 e. The minimum atomic E-state index is -0.810. The maximum Gasteiger partial charge on any atom is 0.0927 e. The van der Waals surface area contributed by atoms with Crippen LogP contribution in [0.5, 0.6) is 0 Å². The van der Waals surface area contributed by atoms with E-state index in [0.29, 0.717) is 6.54 Å². The zero-order valence-corrected chi connectivity index (χ0v) is 9.68. The first-order chi connectivity index (χ1) is 7.70. The Morgan fingerprint density at radius 3 is 2.69 bits per heavy atom. The van der Waals surface area contributed by atoms with E-state index < -0.39 is 12.2 Å². The van der Waals surface area contributed by atoms with Crippen LogP contribution in [0.4, 0.5) is 0 Å². The lowest BCUT2D eigenvalue weighted by atomic mass is 9.84. The van der Waals surface area contributed by atoms with Gasteiger partial charge in [-0.25, -0.2) is 0 Å². The van der Waals surface area contributed by atoms with E-state index in [0.717, 1.165) is 25.7 Å². The van der Waals surface area contributed by atoms with Gasteiger partial charge in [0.25, 0.3) is 0 Å². The summed E-state index contributed by atoms with van der Waals surface area (Å²) in [5.74, 6) is -0.257. The number of aliphatic hydroxyl groups is 3. The molecule has 1 aliphatic rings. The normalized spacial score (nSPS) is 34.9. The van der Waals surface area contributed by atoms with Crippen molar-refractivity contribution in [1.82, 2.24) is 5.32 Å². The van der Waals surface area contributed by atoms with Crippen molar-refractivity contribution in [2.45, 2.75) is 43.9 Å². The first-order valence-corrected chi connectivity index (χ1v) is 6.02. The Morgan fingerprint density at radius 2 is 2.06 bits per heavy atom. The summed E-state index contributed by atoms with van der Waals surface area (Å²) in [6.45, 7) is 3.99. The van der Waals surface area contributed by atoms with Crippen LogP contribution < -0.4 is 5.32 Å². The van der Waals surface area contributed by atoms with Crippen LogP contribution in [-0.4, -0.2) is 46.7 Å². The fourth-order valence-electron chi connectivity index (χ4n) is 2.27. The molecule has 4 N–H and O–H groups in total. The molecule has 94 valence electrons. The minimum Gasteiger partial charge on any atom is -0.396 e. The van der Waals surface area contributed by atoms with Crippen LogP contribution in [0.1, 0.15) is 25.7 Å². The molecule has 4 atom stereocenters. The zero-order chi connectivity index (χ0) is 12.0. The molecule has 1 heterocycles. The molecule has 0 saturated carbocycles. The summed E-state index contributed by atoms with van der Waals surface area (Å²) >= 11 is 0. The zero-order valence-electron chi connectivity index (χ0n) is 9.68. The van der Waals surface area contributed by atoms with Crippen molar-refractivity contribution in [3.63, 3.8) is 0 Å². The van der Waals surface area contributed by atoms with Crippen molar-refractivity contribution in [2.75, 3.05) is 13.2 Å². The highest BCUT2D eigenvalue weighted by Crippen LogP contribution is 2.21. The monoisotopic (exact) mass is 229 g/mol. The molecular weight excluding hydrogens is 206 g/mol. The van der Waals surface area contributed by atoms with Gasteiger partial charge in [0.05, 0.1) is 12.2 Å². The van der Waals surface area contributed by atoms with Gasteiger partial charge in [-0.15, -0.1) is 6.58 Å². The Hall–Kier alpha value is -0.420. The van der Waals surface area contributed by atoms with Gasteiger partial charge in [-0.05, 0) is 19.3 Å². The quantitative estimate of drug-likeness (QED) is 0.383. The highest BCUT2D eigenvalue weighted by molar-refractivity contribution is 4.91. The number of piperidine rings is 1. The van der Waals surface area contributed by atoms with Crippen molar-refractivity contribution in [3.05, 3.63) is 12.7 Å². The van der Waals surface area contributed by atoms with Crippen molar-refractivity contribution in [3.8, 4) is 0 Å². The van der Waals surface area contributed by atoms with E-state index in [-0.39, 0.29) is 18.6 Å².